The Labute approximate surface area is 228 Å². The number of nitrogens with one attached hydrogen (secondary N) is 2. The molecule has 1 unspecified atom stereocenters. The van der Waals surface area contributed by atoms with Crippen LogP contribution in [0.1, 0.15) is 52.6 Å². The number of nitrogens with zero attached hydrogens (tertiary/aromatic N) is 7. The number of ether oxygens (including phenoxy) is 1. The van der Waals surface area contributed by atoms with E-state index in [1.807, 2.05) is 62.2 Å². The van der Waals surface area contributed by atoms with Crippen molar-refractivity contribution in [2.24, 2.45) is 5.92 Å². The van der Waals surface area contributed by atoms with Gasteiger partial charge in [0.15, 0.2) is 17.0 Å². The minimum Gasteiger partial charge on any atom is -0.444 e. The quantitative estimate of drug-likeness (QED) is 0.340. The van der Waals surface area contributed by atoms with Gasteiger partial charge < -0.3 is 24.8 Å². The van der Waals surface area contributed by atoms with E-state index in [0.717, 1.165) is 41.9 Å². The molecule has 0 radical (unpaired) electrons. The molecular weight excluding hydrogens is 494 g/mol. The highest BCUT2D eigenvalue weighted by Crippen LogP contribution is 2.28. The Morgan fingerprint density at radius 2 is 2.00 bits per heavy atom. The number of carbonyl (C=O) groups excluding carboxylic acids is 1. The van der Waals surface area contributed by atoms with Crippen molar-refractivity contribution < 1.29 is 9.53 Å². The minimum absolute atomic E-state index is 0.204. The van der Waals surface area contributed by atoms with Crippen molar-refractivity contribution in [1.29, 1.82) is 0 Å². The van der Waals surface area contributed by atoms with Crippen LogP contribution in [-0.2, 0) is 11.3 Å². The van der Waals surface area contributed by atoms with Crippen molar-refractivity contribution >= 4 is 29.0 Å². The fourth-order valence-corrected chi connectivity index (χ4v) is 4.74. The fourth-order valence-electron chi connectivity index (χ4n) is 4.74. The summed E-state index contributed by atoms with van der Waals surface area (Å²) in [6.45, 7) is 12.5. The lowest BCUT2D eigenvalue weighted by atomic mass is 10.1. The van der Waals surface area contributed by atoms with E-state index < -0.39 is 5.60 Å². The maximum Gasteiger partial charge on any atom is 0.407 e. The van der Waals surface area contributed by atoms with E-state index in [2.05, 4.69) is 50.1 Å². The van der Waals surface area contributed by atoms with Gasteiger partial charge in [0.05, 0.1) is 12.0 Å². The summed E-state index contributed by atoms with van der Waals surface area (Å²) in [5.41, 5.74) is 3.12. The van der Waals surface area contributed by atoms with Crippen molar-refractivity contribution in [1.82, 2.24) is 34.6 Å². The molecule has 0 bridgehead atoms. The Balaban J connectivity index is 1.36. The number of carbonyl (C=O) groups is 1. The summed E-state index contributed by atoms with van der Waals surface area (Å²) in [6.07, 6.45) is 6.08. The van der Waals surface area contributed by atoms with E-state index in [1.54, 1.807) is 6.20 Å². The largest absolute Gasteiger partial charge is 0.444 e. The Hall–Kier alpha value is -4.15. The summed E-state index contributed by atoms with van der Waals surface area (Å²) in [5, 5.41) is 10.8. The van der Waals surface area contributed by atoms with Gasteiger partial charge in [-0.3, -0.25) is 0 Å². The number of para-hydroxylation sites is 1. The van der Waals surface area contributed by atoms with E-state index >= 15 is 0 Å². The predicted octanol–water partition coefficient (Wildman–Crippen LogP) is 4.56. The van der Waals surface area contributed by atoms with Crippen molar-refractivity contribution in [3.05, 3.63) is 54.6 Å². The lowest BCUT2D eigenvalue weighted by Gasteiger charge is -2.21. The molecule has 1 aliphatic rings. The van der Waals surface area contributed by atoms with Crippen molar-refractivity contribution in [3.8, 4) is 5.69 Å². The number of aromatic nitrogens is 6. The van der Waals surface area contributed by atoms with Crippen LogP contribution >= 0.6 is 0 Å². The highest BCUT2D eigenvalue weighted by atomic mass is 16.6. The number of imidazole rings is 1. The van der Waals surface area contributed by atoms with Crippen LogP contribution in [0.15, 0.2) is 49.1 Å². The van der Waals surface area contributed by atoms with Gasteiger partial charge in [0.2, 0.25) is 5.95 Å². The maximum absolute atomic E-state index is 12.1. The van der Waals surface area contributed by atoms with Gasteiger partial charge in [-0.25, -0.2) is 14.5 Å². The molecule has 1 saturated heterocycles. The third kappa shape index (κ3) is 6.13. The van der Waals surface area contributed by atoms with E-state index in [9.17, 15) is 4.79 Å². The molecule has 206 valence electrons. The summed E-state index contributed by atoms with van der Waals surface area (Å²) >= 11 is 0. The monoisotopic (exact) mass is 531 g/mol. The maximum atomic E-state index is 12.1. The van der Waals surface area contributed by atoms with Crippen LogP contribution in [0, 0.1) is 5.92 Å². The zero-order valence-corrected chi connectivity index (χ0v) is 23.3. The Bertz CT molecular complexity index is 1420. The molecule has 2 N–H and O–H groups in total. The molecule has 1 amide bonds. The van der Waals surface area contributed by atoms with Gasteiger partial charge in [-0.1, -0.05) is 18.2 Å². The summed E-state index contributed by atoms with van der Waals surface area (Å²) in [4.78, 5) is 28.8. The molecule has 4 aromatic rings. The molecule has 1 atom stereocenters. The van der Waals surface area contributed by atoms with Crippen molar-refractivity contribution in [2.75, 3.05) is 29.9 Å². The third-order valence-corrected chi connectivity index (χ3v) is 6.66. The molecule has 0 aliphatic carbocycles. The van der Waals surface area contributed by atoms with Gasteiger partial charge in [-0.2, -0.15) is 15.1 Å². The molecule has 0 spiro atoms. The molecule has 3 aromatic heterocycles. The molecular formula is C28H37N9O2. The van der Waals surface area contributed by atoms with Gasteiger partial charge in [0.1, 0.15) is 5.60 Å². The van der Waals surface area contributed by atoms with Gasteiger partial charge >= 0.3 is 6.09 Å². The molecule has 11 heteroatoms. The fraction of sp³-hybridized carbons (Fsp3) is 0.464. The second-order valence-corrected chi connectivity index (χ2v) is 11.2. The second kappa shape index (κ2) is 10.9. The van der Waals surface area contributed by atoms with Crippen LogP contribution < -0.4 is 15.5 Å². The first-order chi connectivity index (χ1) is 18.7. The number of hydrogen-bond acceptors (Lipinski definition) is 8. The average Bonchev–Trinajstić information content (AvgIpc) is 3.66. The number of anilines is 2. The van der Waals surface area contributed by atoms with Crippen LogP contribution in [0.5, 0.6) is 0 Å². The van der Waals surface area contributed by atoms with Gasteiger partial charge in [-0.15, -0.1) is 0 Å². The van der Waals surface area contributed by atoms with E-state index in [1.165, 1.54) is 0 Å². The zero-order valence-electron chi connectivity index (χ0n) is 23.3. The number of hydrogen-bond donors (Lipinski definition) is 2. The first-order valence-corrected chi connectivity index (χ1v) is 13.5. The number of rotatable bonds is 8. The Morgan fingerprint density at radius 1 is 1.18 bits per heavy atom. The van der Waals surface area contributed by atoms with Gasteiger partial charge in [0.25, 0.3) is 0 Å². The van der Waals surface area contributed by atoms with Gasteiger partial charge in [0, 0.05) is 44.6 Å². The zero-order chi connectivity index (χ0) is 27.6. The number of fused-ring (bicyclic) bond motifs is 1. The first kappa shape index (κ1) is 26.5. The van der Waals surface area contributed by atoms with Crippen LogP contribution in [0.2, 0.25) is 0 Å². The third-order valence-electron chi connectivity index (χ3n) is 6.66. The second-order valence-electron chi connectivity index (χ2n) is 11.2. The van der Waals surface area contributed by atoms with Crippen LogP contribution in [0.4, 0.5) is 16.6 Å². The Kier molecular flexibility index (Phi) is 7.40. The normalized spacial score (nSPS) is 15.7. The number of amides is 1. The van der Waals surface area contributed by atoms with Crippen LogP contribution in [0.25, 0.3) is 16.9 Å². The molecule has 5 rings (SSSR count). The smallest absolute Gasteiger partial charge is 0.407 e. The SMILES string of the molecule is CC(C)n1cnc2c(NCc3ccccc3-n3cccn3)nc(N3CCC(CNC(=O)OC(C)(C)C)C3)nc21. The van der Waals surface area contributed by atoms with Gasteiger partial charge in [-0.05, 0) is 64.7 Å². The topological polar surface area (TPSA) is 115 Å². The first-order valence-electron chi connectivity index (χ1n) is 13.5. The molecule has 4 heterocycles. The standard InChI is InChI=1S/C28H37N9O2/c1-19(2)36-18-31-23-24(29-16-21-9-6-7-10-22(21)37-13-8-12-32-37)33-26(34-25(23)36)35-14-11-20(17-35)15-30-27(38)39-28(3,4)5/h6-10,12-13,18-20H,11,14-17H2,1-5H3,(H,30,38)(H,29,33,34). The highest BCUT2D eigenvalue weighted by Gasteiger charge is 2.27. The summed E-state index contributed by atoms with van der Waals surface area (Å²) < 4.78 is 9.32. The van der Waals surface area contributed by atoms with E-state index in [4.69, 9.17) is 14.7 Å². The molecule has 39 heavy (non-hydrogen) atoms. The molecule has 11 nitrogen and oxygen atoms in total. The lowest BCUT2D eigenvalue weighted by molar-refractivity contribution is 0.0520. The van der Waals surface area contributed by atoms with Crippen molar-refractivity contribution in [3.63, 3.8) is 0 Å². The average molecular weight is 532 g/mol. The number of benzene rings is 1. The highest BCUT2D eigenvalue weighted by molar-refractivity contribution is 5.84. The van der Waals surface area contributed by atoms with Crippen molar-refractivity contribution in [2.45, 2.75) is 59.2 Å². The summed E-state index contributed by atoms with van der Waals surface area (Å²) in [5.74, 6) is 1.64. The summed E-state index contributed by atoms with van der Waals surface area (Å²) in [7, 11) is 0. The molecule has 1 fully saturated rings. The van der Waals surface area contributed by atoms with Crippen LogP contribution in [-0.4, -0.2) is 60.6 Å². The predicted molar refractivity (Wildman–Crippen MR) is 151 cm³/mol. The molecule has 0 saturated carbocycles. The van der Waals surface area contributed by atoms with Crippen LogP contribution in [0.3, 0.4) is 0 Å². The van der Waals surface area contributed by atoms with E-state index in [-0.39, 0.29) is 18.1 Å². The Morgan fingerprint density at radius 3 is 2.74 bits per heavy atom. The minimum atomic E-state index is -0.517. The lowest BCUT2D eigenvalue weighted by Crippen LogP contribution is -2.36. The summed E-state index contributed by atoms with van der Waals surface area (Å²) in [6, 6.07) is 10.3. The molecule has 1 aromatic carbocycles. The van der Waals surface area contributed by atoms with E-state index in [0.29, 0.717) is 24.9 Å². The molecule has 1 aliphatic heterocycles. The number of alkyl carbamates (subject to hydrolysis) is 1.